The SMILES string of the molecule is CCc1cc(Cn2ccc3cc(N)ccc32)n(CC)n1. The maximum absolute atomic E-state index is 5.83. The zero-order valence-corrected chi connectivity index (χ0v) is 12.0. The lowest BCUT2D eigenvalue weighted by Gasteiger charge is -2.07. The molecule has 2 N–H and O–H groups in total. The first-order chi connectivity index (χ1) is 9.71. The normalized spacial score (nSPS) is 11.3. The van der Waals surface area contributed by atoms with Crippen molar-refractivity contribution in [3.05, 3.63) is 47.9 Å². The van der Waals surface area contributed by atoms with Crippen molar-refractivity contribution in [3.63, 3.8) is 0 Å². The fourth-order valence-electron chi connectivity index (χ4n) is 2.62. The number of fused-ring (bicyclic) bond motifs is 1. The average molecular weight is 268 g/mol. The first-order valence-corrected chi connectivity index (χ1v) is 7.11. The number of hydrogen-bond acceptors (Lipinski definition) is 2. The third-order valence-corrected chi connectivity index (χ3v) is 3.70. The molecule has 4 heteroatoms. The fraction of sp³-hybridized carbons (Fsp3) is 0.312. The molecule has 0 unspecified atom stereocenters. The van der Waals surface area contributed by atoms with Crippen LogP contribution in [0.2, 0.25) is 0 Å². The number of benzene rings is 1. The molecular formula is C16H20N4. The molecule has 0 aliphatic carbocycles. The smallest absolute Gasteiger partial charge is 0.0645 e. The lowest BCUT2D eigenvalue weighted by molar-refractivity contribution is 0.599. The second-order valence-corrected chi connectivity index (χ2v) is 5.06. The van der Waals surface area contributed by atoms with Crippen LogP contribution in [-0.2, 0) is 19.5 Å². The zero-order chi connectivity index (χ0) is 14.1. The van der Waals surface area contributed by atoms with Gasteiger partial charge in [-0.3, -0.25) is 4.68 Å². The summed E-state index contributed by atoms with van der Waals surface area (Å²) in [5.74, 6) is 0. The number of aromatic nitrogens is 3. The molecule has 1 aromatic carbocycles. The van der Waals surface area contributed by atoms with E-state index in [4.69, 9.17) is 5.73 Å². The van der Waals surface area contributed by atoms with Gasteiger partial charge < -0.3 is 10.3 Å². The number of rotatable bonds is 4. The summed E-state index contributed by atoms with van der Waals surface area (Å²) in [5.41, 5.74) is 10.3. The number of nitrogens with zero attached hydrogens (tertiary/aromatic N) is 3. The molecule has 0 aliphatic heterocycles. The van der Waals surface area contributed by atoms with Crippen molar-refractivity contribution in [3.8, 4) is 0 Å². The van der Waals surface area contributed by atoms with Crippen molar-refractivity contribution < 1.29 is 0 Å². The van der Waals surface area contributed by atoms with Crippen LogP contribution in [0.4, 0.5) is 5.69 Å². The molecule has 0 amide bonds. The first kappa shape index (κ1) is 12.8. The van der Waals surface area contributed by atoms with Gasteiger partial charge in [0.2, 0.25) is 0 Å². The summed E-state index contributed by atoms with van der Waals surface area (Å²) in [6, 6.07) is 10.4. The van der Waals surface area contributed by atoms with E-state index in [1.165, 1.54) is 16.6 Å². The molecule has 104 valence electrons. The highest BCUT2D eigenvalue weighted by atomic mass is 15.3. The third kappa shape index (κ3) is 2.18. The van der Waals surface area contributed by atoms with Gasteiger partial charge in [0.1, 0.15) is 0 Å². The molecule has 0 atom stereocenters. The van der Waals surface area contributed by atoms with Crippen molar-refractivity contribution in [2.45, 2.75) is 33.4 Å². The molecule has 0 spiro atoms. The molecule has 2 heterocycles. The average Bonchev–Trinajstić information content (AvgIpc) is 3.03. The minimum atomic E-state index is 0.808. The predicted molar refractivity (Wildman–Crippen MR) is 82.7 cm³/mol. The van der Waals surface area contributed by atoms with Crippen LogP contribution in [0.15, 0.2) is 36.5 Å². The third-order valence-electron chi connectivity index (χ3n) is 3.70. The van der Waals surface area contributed by atoms with E-state index in [1.807, 2.05) is 12.1 Å². The van der Waals surface area contributed by atoms with Crippen LogP contribution in [0.5, 0.6) is 0 Å². The summed E-state index contributed by atoms with van der Waals surface area (Å²) in [4.78, 5) is 0. The van der Waals surface area contributed by atoms with Gasteiger partial charge in [-0.25, -0.2) is 0 Å². The largest absolute Gasteiger partial charge is 0.399 e. The molecule has 3 aromatic rings. The van der Waals surface area contributed by atoms with E-state index in [1.54, 1.807) is 0 Å². The van der Waals surface area contributed by atoms with E-state index >= 15 is 0 Å². The Bertz CT molecular complexity index is 736. The second kappa shape index (κ2) is 5.04. The van der Waals surface area contributed by atoms with Crippen molar-refractivity contribution in [1.29, 1.82) is 0 Å². The van der Waals surface area contributed by atoms with Gasteiger partial charge in [0.25, 0.3) is 0 Å². The molecular weight excluding hydrogens is 248 g/mol. The van der Waals surface area contributed by atoms with Gasteiger partial charge in [0.05, 0.1) is 17.9 Å². The predicted octanol–water partition coefficient (Wildman–Crippen LogP) is 3.05. The Balaban J connectivity index is 1.98. The summed E-state index contributed by atoms with van der Waals surface area (Å²) in [5, 5.41) is 5.79. The standard InChI is InChI=1S/C16H20N4/c1-3-14-10-15(20(4-2)18-14)11-19-8-7-12-9-13(17)5-6-16(12)19/h5-10H,3-4,11,17H2,1-2H3. The van der Waals surface area contributed by atoms with Gasteiger partial charge in [0.15, 0.2) is 0 Å². The van der Waals surface area contributed by atoms with Crippen LogP contribution in [0.25, 0.3) is 10.9 Å². The number of nitrogens with two attached hydrogens (primary N) is 1. The van der Waals surface area contributed by atoms with E-state index in [9.17, 15) is 0 Å². The first-order valence-electron chi connectivity index (χ1n) is 7.11. The maximum atomic E-state index is 5.83. The molecule has 3 rings (SSSR count). The van der Waals surface area contributed by atoms with Gasteiger partial charge >= 0.3 is 0 Å². The summed E-state index contributed by atoms with van der Waals surface area (Å²) in [6.07, 6.45) is 3.09. The topological polar surface area (TPSA) is 48.8 Å². The molecule has 0 fully saturated rings. The van der Waals surface area contributed by atoms with Crippen LogP contribution in [-0.4, -0.2) is 14.3 Å². The van der Waals surface area contributed by atoms with E-state index in [0.717, 1.165) is 30.9 Å². The van der Waals surface area contributed by atoms with Gasteiger partial charge in [0, 0.05) is 29.3 Å². The van der Waals surface area contributed by atoms with Crippen LogP contribution >= 0.6 is 0 Å². The Morgan fingerprint density at radius 1 is 1.15 bits per heavy atom. The summed E-state index contributed by atoms with van der Waals surface area (Å²) < 4.78 is 4.33. The highest BCUT2D eigenvalue weighted by molar-refractivity contribution is 5.83. The van der Waals surface area contributed by atoms with Crippen molar-refractivity contribution >= 4 is 16.6 Å². The Morgan fingerprint density at radius 2 is 2.00 bits per heavy atom. The zero-order valence-electron chi connectivity index (χ0n) is 12.0. The van der Waals surface area contributed by atoms with E-state index in [-0.39, 0.29) is 0 Å². The molecule has 20 heavy (non-hydrogen) atoms. The van der Waals surface area contributed by atoms with Gasteiger partial charge in [-0.2, -0.15) is 5.10 Å². The van der Waals surface area contributed by atoms with Crippen LogP contribution in [0.1, 0.15) is 25.2 Å². The van der Waals surface area contributed by atoms with Crippen LogP contribution < -0.4 is 5.73 Å². The highest BCUT2D eigenvalue weighted by Crippen LogP contribution is 2.20. The molecule has 0 saturated heterocycles. The molecule has 0 radical (unpaired) electrons. The van der Waals surface area contributed by atoms with Gasteiger partial charge in [-0.05, 0) is 43.7 Å². The summed E-state index contributed by atoms with van der Waals surface area (Å²) >= 11 is 0. The highest BCUT2D eigenvalue weighted by Gasteiger charge is 2.08. The van der Waals surface area contributed by atoms with Crippen LogP contribution in [0, 0.1) is 0 Å². The second-order valence-electron chi connectivity index (χ2n) is 5.06. The number of anilines is 1. The maximum Gasteiger partial charge on any atom is 0.0645 e. The van der Waals surface area contributed by atoms with Crippen molar-refractivity contribution in [1.82, 2.24) is 14.3 Å². The van der Waals surface area contributed by atoms with Crippen LogP contribution in [0.3, 0.4) is 0 Å². The Hall–Kier alpha value is -2.23. The summed E-state index contributed by atoms with van der Waals surface area (Å²) in [7, 11) is 0. The summed E-state index contributed by atoms with van der Waals surface area (Å²) in [6.45, 7) is 6.01. The van der Waals surface area contributed by atoms with Crippen molar-refractivity contribution in [2.24, 2.45) is 0 Å². The molecule has 4 nitrogen and oxygen atoms in total. The lowest BCUT2D eigenvalue weighted by atomic mass is 10.2. The molecule has 2 aromatic heterocycles. The quantitative estimate of drug-likeness (QED) is 0.739. The molecule has 0 bridgehead atoms. The Kier molecular flexibility index (Phi) is 3.22. The monoisotopic (exact) mass is 268 g/mol. The number of aryl methyl sites for hydroxylation is 2. The van der Waals surface area contributed by atoms with E-state index in [0.29, 0.717) is 0 Å². The van der Waals surface area contributed by atoms with E-state index in [2.05, 4.69) is 52.6 Å². The minimum Gasteiger partial charge on any atom is -0.399 e. The minimum absolute atomic E-state index is 0.808. The van der Waals surface area contributed by atoms with Crippen molar-refractivity contribution in [2.75, 3.05) is 5.73 Å². The van der Waals surface area contributed by atoms with Gasteiger partial charge in [-0.1, -0.05) is 6.92 Å². The fourth-order valence-corrected chi connectivity index (χ4v) is 2.62. The molecule has 0 saturated carbocycles. The molecule has 0 aliphatic rings. The Morgan fingerprint density at radius 3 is 2.75 bits per heavy atom. The van der Waals surface area contributed by atoms with E-state index < -0.39 is 0 Å². The number of nitrogen functional groups attached to an aromatic ring is 1. The number of hydrogen-bond donors (Lipinski definition) is 1. The Labute approximate surface area is 118 Å². The lowest BCUT2D eigenvalue weighted by Crippen LogP contribution is -2.07. The van der Waals surface area contributed by atoms with Gasteiger partial charge in [-0.15, -0.1) is 0 Å².